The standard InChI is InChI=1S/C18H19ClF2N2O2/c1-11(10-25-17-8-7-13(20)9-16(17)21)22-18(24)23-12(2)14-5-3-4-6-15(14)19/h3-9,11-12H,10H2,1-2H3,(H2,22,23,24). The van der Waals surface area contributed by atoms with Crippen molar-refractivity contribution in [2.45, 2.75) is 25.9 Å². The molecule has 2 rings (SSSR count). The quantitative estimate of drug-likeness (QED) is 0.791. The lowest BCUT2D eigenvalue weighted by Crippen LogP contribution is -2.44. The third-order valence-electron chi connectivity index (χ3n) is 3.48. The fourth-order valence-electron chi connectivity index (χ4n) is 2.21. The van der Waals surface area contributed by atoms with Gasteiger partial charge in [-0.2, -0.15) is 0 Å². The summed E-state index contributed by atoms with van der Waals surface area (Å²) in [6.45, 7) is 3.56. The summed E-state index contributed by atoms with van der Waals surface area (Å²) in [5.74, 6) is -1.53. The molecule has 2 atom stereocenters. The third-order valence-corrected chi connectivity index (χ3v) is 3.82. The Balaban J connectivity index is 1.82. The maximum Gasteiger partial charge on any atom is 0.315 e. The molecule has 2 amide bonds. The van der Waals surface area contributed by atoms with E-state index in [0.29, 0.717) is 5.02 Å². The zero-order chi connectivity index (χ0) is 18.4. The number of nitrogens with one attached hydrogen (secondary N) is 2. The molecule has 7 heteroatoms. The second-order valence-corrected chi connectivity index (χ2v) is 6.05. The molecule has 0 aliphatic rings. The Hall–Kier alpha value is -2.34. The van der Waals surface area contributed by atoms with Gasteiger partial charge in [0.25, 0.3) is 0 Å². The Bertz CT molecular complexity index is 743. The lowest BCUT2D eigenvalue weighted by molar-refractivity contribution is 0.222. The van der Waals surface area contributed by atoms with E-state index in [4.69, 9.17) is 16.3 Å². The van der Waals surface area contributed by atoms with Crippen molar-refractivity contribution in [1.29, 1.82) is 0 Å². The highest BCUT2D eigenvalue weighted by Gasteiger charge is 2.14. The highest BCUT2D eigenvalue weighted by atomic mass is 35.5. The molecule has 134 valence electrons. The van der Waals surface area contributed by atoms with Crippen molar-refractivity contribution in [2.24, 2.45) is 0 Å². The van der Waals surface area contributed by atoms with E-state index in [1.165, 1.54) is 6.07 Å². The number of benzene rings is 2. The molecule has 0 saturated carbocycles. The van der Waals surface area contributed by atoms with Crippen LogP contribution in [0.3, 0.4) is 0 Å². The first kappa shape index (κ1) is 19.0. The monoisotopic (exact) mass is 368 g/mol. The number of carbonyl (C=O) groups excluding carboxylic acids is 1. The van der Waals surface area contributed by atoms with Gasteiger partial charge in [-0.25, -0.2) is 13.6 Å². The van der Waals surface area contributed by atoms with E-state index >= 15 is 0 Å². The minimum absolute atomic E-state index is 0.0381. The molecule has 0 aromatic heterocycles. The van der Waals surface area contributed by atoms with Gasteiger partial charge in [0, 0.05) is 11.1 Å². The zero-order valence-electron chi connectivity index (χ0n) is 13.9. The SMILES string of the molecule is CC(COc1ccc(F)cc1F)NC(=O)NC(C)c1ccccc1Cl. The molecule has 0 fully saturated rings. The van der Waals surface area contributed by atoms with Gasteiger partial charge >= 0.3 is 6.03 Å². The molecule has 0 saturated heterocycles. The molecule has 0 spiro atoms. The van der Waals surface area contributed by atoms with Crippen molar-refractivity contribution in [1.82, 2.24) is 10.6 Å². The fourth-order valence-corrected chi connectivity index (χ4v) is 2.51. The van der Waals surface area contributed by atoms with Crippen molar-refractivity contribution >= 4 is 17.6 Å². The van der Waals surface area contributed by atoms with Crippen LogP contribution in [0.5, 0.6) is 5.75 Å². The molecule has 2 unspecified atom stereocenters. The number of urea groups is 1. The summed E-state index contributed by atoms with van der Waals surface area (Å²) in [7, 11) is 0. The highest BCUT2D eigenvalue weighted by Crippen LogP contribution is 2.22. The Morgan fingerprint density at radius 1 is 1.16 bits per heavy atom. The first-order chi connectivity index (χ1) is 11.9. The van der Waals surface area contributed by atoms with Crippen molar-refractivity contribution in [3.8, 4) is 5.75 Å². The van der Waals surface area contributed by atoms with Crippen LogP contribution in [-0.4, -0.2) is 18.7 Å². The molecule has 2 aromatic rings. The molecule has 0 heterocycles. The number of hydrogen-bond acceptors (Lipinski definition) is 2. The molecule has 0 aliphatic carbocycles. The number of rotatable bonds is 6. The van der Waals surface area contributed by atoms with Gasteiger partial charge in [-0.05, 0) is 37.6 Å². The summed E-state index contributed by atoms with van der Waals surface area (Å²) < 4.78 is 31.6. The average molecular weight is 369 g/mol. The largest absolute Gasteiger partial charge is 0.488 e. The summed E-state index contributed by atoms with van der Waals surface area (Å²) in [5, 5.41) is 6.03. The second-order valence-electron chi connectivity index (χ2n) is 5.65. The van der Waals surface area contributed by atoms with Gasteiger partial charge in [0.05, 0.1) is 12.1 Å². The number of amides is 2. The molecule has 2 aromatic carbocycles. The summed E-state index contributed by atoms with van der Waals surface area (Å²) >= 11 is 6.10. The molecule has 0 radical (unpaired) electrons. The first-order valence-electron chi connectivity index (χ1n) is 7.76. The number of hydrogen-bond donors (Lipinski definition) is 2. The molecule has 0 bridgehead atoms. The van der Waals surface area contributed by atoms with Crippen LogP contribution in [0.15, 0.2) is 42.5 Å². The van der Waals surface area contributed by atoms with Crippen molar-refractivity contribution in [3.63, 3.8) is 0 Å². The number of ether oxygens (including phenoxy) is 1. The van der Waals surface area contributed by atoms with E-state index in [1.807, 2.05) is 25.1 Å². The van der Waals surface area contributed by atoms with Gasteiger partial charge in [0.2, 0.25) is 0 Å². The fraction of sp³-hybridized carbons (Fsp3) is 0.278. The smallest absolute Gasteiger partial charge is 0.315 e. The first-order valence-corrected chi connectivity index (χ1v) is 8.14. The van der Waals surface area contributed by atoms with Crippen LogP contribution < -0.4 is 15.4 Å². The van der Waals surface area contributed by atoms with Crippen molar-refractivity contribution in [2.75, 3.05) is 6.61 Å². The van der Waals surface area contributed by atoms with E-state index < -0.39 is 17.7 Å². The van der Waals surface area contributed by atoms with Crippen LogP contribution in [0.4, 0.5) is 13.6 Å². The Kier molecular flexibility index (Phi) is 6.58. The number of carbonyl (C=O) groups is 1. The average Bonchev–Trinajstić information content (AvgIpc) is 2.54. The summed E-state index contributed by atoms with van der Waals surface area (Å²) in [6.07, 6.45) is 0. The van der Waals surface area contributed by atoms with Gasteiger partial charge < -0.3 is 15.4 Å². The van der Waals surface area contributed by atoms with Gasteiger partial charge in [0.15, 0.2) is 11.6 Å². The molecular formula is C18H19ClF2N2O2. The van der Waals surface area contributed by atoms with Gasteiger partial charge in [-0.3, -0.25) is 0 Å². The molecule has 25 heavy (non-hydrogen) atoms. The van der Waals surface area contributed by atoms with Crippen LogP contribution >= 0.6 is 11.6 Å². The van der Waals surface area contributed by atoms with Gasteiger partial charge in [-0.15, -0.1) is 0 Å². The van der Waals surface area contributed by atoms with Crippen molar-refractivity contribution < 1.29 is 18.3 Å². The summed E-state index contributed by atoms with van der Waals surface area (Å²) in [5.41, 5.74) is 0.802. The summed E-state index contributed by atoms with van der Waals surface area (Å²) in [6, 6.07) is 9.22. The van der Waals surface area contributed by atoms with E-state index in [9.17, 15) is 13.6 Å². The van der Waals surface area contributed by atoms with E-state index in [-0.39, 0.29) is 24.4 Å². The molecule has 4 nitrogen and oxygen atoms in total. The second kappa shape index (κ2) is 8.67. The Morgan fingerprint density at radius 3 is 2.56 bits per heavy atom. The summed E-state index contributed by atoms with van der Waals surface area (Å²) in [4.78, 5) is 12.0. The molecule has 2 N–H and O–H groups in total. The maximum atomic E-state index is 13.5. The minimum atomic E-state index is -0.788. The highest BCUT2D eigenvalue weighted by molar-refractivity contribution is 6.31. The van der Waals surface area contributed by atoms with E-state index in [0.717, 1.165) is 17.7 Å². The van der Waals surface area contributed by atoms with Crippen LogP contribution in [0.1, 0.15) is 25.5 Å². The minimum Gasteiger partial charge on any atom is -0.488 e. The Morgan fingerprint density at radius 2 is 1.88 bits per heavy atom. The van der Waals surface area contributed by atoms with Crippen molar-refractivity contribution in [3.05, 3.63) is 64.7 Å². The zero-order valence-corrected chi connectivity index (χ0v) is 14.6. The molecule has 0 aliphatic heterocycles. The number of halogens is 3. The predicted octanol–water partition coefficient (Wildman–Crippen LogP) is 4.45. The third kappa shape index (κ3) is 5.60. The van der Waals surface area contributed by atoms with E-state index in [2.05, 4.69) is 10.6 Å². The van der Waals surface area contributed by atoms with Crippen LogP contribution in [0.25, 0.3) is 0 Å². The van der Waals surface area contributed by atoms with Gasteiger partial charge in [0.1, 0.15) is 12.4 Å². The maximum absolute atomic E-state index is 13.5. The Labute approximate surface area is 150 Å². The lowest BCUT2D eigenvalue weighted by atomic mass is 10.1. The normalized spacial score (nSPS) is 13.0. The lowest BCUT2D eigenvalue weighted by Gasteiger charge is -2.19. The topological polar surface area (TPSA) is 50.4 Å². The van der Waals surface area contributed by atoms with Crippen LogP contribution in [-0.2, 0) is 0 Å². The predicted molar refractivity (Wildman–Crippen MR) is 92.8 cm³/mol. The molecular weight excluding hydrogens is 350 g/mol. The van der Waals surface area contributed by atoms with Crippen LogP contribution in [0, 0.1) is 11.6 Å². The van der Waals surface area contributed by atoms with Gasteiger partial charge in [-0.1, -0.05) is 29.8 Å². The van der Waals surface area contributed by atoms with E-state index in [1.54, 1.807) is 13.0 Å². The van der Waals surface area contributed by atoms with Crippen LogP contribution in [0.2, 0.25) is 5.02 Å².